The number of fused-ring (bicyclic) bond motifs is 1. The quantitative estimate of drug-likeness (QED) is 0.827. The summed E-state index contributed by atoms with van der Waals surface area (Å²) in [6.45, 7) is 0. The molecule has 0 spiro atoms. The zero-order valence-corrected chi connectivity index (χ0v) is 8.81. The van der Waals surface area contributed by atoms with E-state index in [1.165, 1.54) is 0 Å². The average Bonchev–Trinajstić information content (AvgIpc) is 3.00. The molecule has 0 saturated heterocycles. The van der Waals surface area contributed by atoms with Crippen molar-refractivity contribution in [2.24, 2.45) is 5.92 Å². The van der Waals surface area contributed by atoms with Crippen LogP contribution in [0.2, 0.25) is 0 Å². The highest BCUT2D eigenvalue weighted by Gasteiger charge is 2.38. The van der Waals surface area contributed by atoms with E-state index in [9.17, 15) is 9.90 Å². The van der Waals surface area contributed by atoms with Crippen LogP contribution < -0.4 is 0 Å². The van der Waals surface area contributed by atoms with Crippen molar-refractivity contribution in [3.63, 3.8) is 0 Å². The largest absolute Gasteiger partial charge is 0.481 e. The van der Waals surface area contributed by atoms with Crippen LogP contribution in [0.3, 0.4) is 0 Å². The lowest BCUT2D eigenvalue weighted by molar-refractivity contribution is -0.139. The lowest BCUT2D eigenvalue weighted by atomic mass is 9.94. The second-order valence-corrected chi connectivity index (χ2v) is 4.44. The third-order valence-corrected chi connectivity index (χ3v) is 3.32. The van der Waals surface area contributed by atoms with Crippen LogP contribution in [0.25, 0.3) is 10.9 Å². The number of hydrogen-bond acceptors (Lipinski definition) is 1. The van der Waals surface area contributed by atoms with Crippen LogP contribution >= 0.6 is 0 Å². The van der Waals surface area contributed by atoms with Gasteiger partial charge in [-0.15, -0.1) is 0 Å². The summed E-state index contributed by atoms with van der Waals surface area (Å²) >= 11 is 0. The molecule has 1 aliphatic carbocycles. The van der Waals surface area contributed by atoms with Gasteiger partial charge in [0.05, 0.1) is 5.92 Å². The molecule has 1 heterocycles. The van der Waals surface area contributed by atoms with Gasteiger partial charge in [-0.2, -0.15) is 0 Å². The zero-order chi connectivity index (χ0) is 11.1. The van der Waals surface area contributed by atoms with Crippen LogP contribution in [0.15, 0.2) is 30.5 Å². The number of carboxylic acid groups (broad SMARTS) is 1. The van der Waals surface area contributed by atoms with Crippen molar-refractivity contribution < 1.29 is 9.90 Å². The van der Waals surface area contributed by atoms with Gasteiger partial charge in [-0.05, 0) is 30.4 Å². The number of carbonyl (C=O) groups is 1. The minimum Gasteiger partial charge on any atom is -0.481 e. The van der Waals surface area contributed by atoms with Crippen molar-refractivity contribution in [3.05, 3.63) is 36.0 Å². The van der Waals surface area contributed by atoms with Gasteiger partial charge in [0.2, 0.25) is 0 Å². The molecule has 1 saturated carbocycles. The Morgan fingerprint density at radius 2 is 2.12 bits per heavy atom. The van der Waals surface area contributed by atoms with E-state index < -0.39 is 5.97 Å². The molecule has 0 bridgehead atoms. The minimum atomic E-state index is -0.702. The average molecular weight is 215 g/mol. The summed E-state index contributed by atoms with van der Waals surface area (Å²) in [4.78, 5) is 14.5. The monoisotopic (exact) mass is 215 g/mol. The summed E-state index contributed by atoms with van der Waals surface area (Å²) in [5.74, 6) is -0.708. The summed E-state index contributed by atoms with van der Waals surface area (Å²) in [5, 5.41) is 10.3. The number of aromatic nitrogens is 1. The maximum Gasteiger partial charge on any atom is 0.311 e. The van der Waals surface area contributed by atoms with Gasteiger partial charge < -0.3 is 10.1 Å². The van der Waals surface area contributed by atoms with Gasteiger partial charge in [-0.25, -0.2) is 0 Å². The number of H-pyrrole nitrogens is 1. The fourth-order valence-corrected chi connectivity index (χ4v) is 2.37. The standard InChI is InChI=1S/C13H13NO2/c15-13(16)12(8-5-6-8)10-7-14-11-4-2-1-3-9(10)11/h1-4,7-8,12,14H,5-6H2,(H,15,16). The summed E-state index contributed by atoms with van der Waals surface area (Å²) in [5.41, 5.74) is 1.95. The first-order valence-corrected chi connectivity index (χ1v) is 5.56. The number of aromatic amines is 1. The predicted octanol–water partition coefficient (Wildman–Crippen LogP) is 2.75. The zero-order valence-electron chi connectivity index (χ0n) is 8.81. The van der Waals surface area contributed by atoms with Gasteiger partial charge in [-0.1, -0.05) is 18.2 Å². The molecule has 1 aliphatic rings. The van der Waals surface area contributed by atoms with Gasteiger partial charge in [-0.3, -0.25) is 4.79 Å². The van der Waals surface area contributed by atoms with E-state index in [1.54, 1.807) is 0 Å². The Hall–Kier alpha value is -1.77. The highest BCUT2D eigenvalue weighted by Crippen LogP contribution is 2.44. The summed E-state index contributed by atoms with van der Waals surface area (Å²) in [6, 6.07) is 7.87. The van der Waals surface area contributed by atoms with E-state index in [4.69, 9.17) is 0 Å². The lowest BCUT2D eigenvalue weighted by Crippen LogP contribution is -2.13. The molecular formula is C13H13NO2. The van der Waals surface area contributed by atoms with Gasteiger partial charge in [0, 0.05) is 17.1 Å². The molecule has 3 nitrogen and oxygen atoms in total. The Labute approximate surface area is 93.1 Å². The van der Waals surface area contributed by atoms with Crippen molar-refractivity contribution in [2.75, 3.05) is 0 Å². The van der Waals surface area contributed by atoms with Crippen LogP contribution in [-0.2, 0) is 4.79 Å². The summed E-state index contributed by atoms with van der Waals surface area (Å²) < 4.78 is 0. The van der Waals surface area contributed by atoms with Crippen molar-refractivity contribution in [1.82, 2.24) is 4.98 Å². The fourth-order valence-electron chi connectivity index (χ4n) is 2.37. The molecule has 0 radical (unpaired) electrons. The molecule has 1 aromatic heterocycles. The Balaban J connectivity index is 2.13. The first kappa shape index (κ1) is 9.46. The number of carboxylic acids is 1. The molecule has 2 aromatic rings. The van der Waals surface area contributed by atoms with E-state index in [0.717, 1.165) is 29.3 Å². The predicted molar refractivity (Wildman–Crippen MR) is 61.4 cm³/mol. The Bertz CT molecular complexity index is 540. The molecule has 3 heteroatoms. The fraction of sp³-hybridized carbons (Fsp3) is 0.308. The highest BCUT2D eigenvalue weighted by molar-refractivity contribution is 5.89. The van der Waals surface area contributed by atoms with E-state index in [-0.39, 0.29) is 5.92 Å². The highest BCUT2D eigenvalue weighted by atomic mass is 16.4. The molecule has 1 aromatic carbocycles. The topological polar surface area (TPSA) is 53.1 Å². The summed E-state index contributed by atoms with van der Waals surface area (Å²) in [7, 11) is 0. The number of aliphatic carboxylic acids is 1. The first-order valence-electron chi connectivity index (χ1n) is 5.56. The van der Waals surface area contributed by atoms with Crippen LogP contribution in [0.4, 0.5) is 0 Å². The minimum absolute atomic E-state index is 0.330. The maximum atomic E-state index is 11.3. The van der Waals surface area contributed by atoms with Crippen LogP contribution in [0.5, 0.6) is 0 Å². The molecular weight excluding hydrogens is 202 g/mol. The third-order valence-electron chi connectivity index (χ3n) is 3.32. The molecule has 1 atom stereocenters. The Kier molecular flexibility index (Phi) is 1.99. The molecule has 0 aliphatic heterocycles. The molecule has 82 valence electrons. The van der Waals surface area contributed by atoms with E-state index in [1.807, 2.05) is 30.5 Å². The van der Waals surface area contributed by atoms with Gasteiger partial charge >= 0.3 is 5.97 Å². The van der Waals surface area contributed by atoms with Crippen molar-refractivity contribution in [2.45, 2.75) is 18.8 Å². The molecule has 1 unspecified atom stereocenters. The summed E-state index contributed by atoms with van der Waals surface area (Å²) in [6.07, 6.45) is 3.93. The van der Waals surface area contributed by atoms with Crippen molar-refractivity contribution in [1.29, 1.82) is 0 Å². The van der Waals surface area contributed by atoms with Gasteiger partial charge in [0.25, 0.3) is 0 Å². The van der Waals surface area contributed by atoms with E-state index >= 15 is 0 Å². The van der Waals surface area contributed by atoms with Crippen LogP contribution in [0.1, 0.15) is 24.3 Å². The van der Waals surface area contributed by atoms with Crippen LogP contribution in [-0.4, -0.2) is 16.1 Å². The molecule has 16 heavy (non-hydrogen) atoms. The first-order chi connectivity index (χ1) is 7.77. The SMILES string of the molecule is O=C(O)C(c1c[nH]c2ccccc12)C1CC1. The molecule has 1 fully saturated rings. The lowest BCUT2D eigenvalue weighted by Gasteiger charge is -2.09. The van der Waals surface area contributed by atoms with E-state index in [0.29, 0.717) is 5.92 Å². The van der Waals surface area contributed by atoms with Gasteiger partial charge in [0.15, 0.2) is 0 Å². The Morgan fingerprint density at radius 1 is 1.38 bits per heavy atom. The van der Waals surface area contributed by atoms with Crippen molar-refractivity contribution >= 4 is 16.9 Å². The molecule has 2 N–H and O–H groups in total. The number of para-hydroxylation sites is 1. The third kappa shape index (κ3) is 1.40. The van der Waals surface area contributed by atoms with Gasteiger partial charge in [0.1, 0.15) is 0 Å². The van der Waals surface area contributed by atoms with E-state index in [2.05, 4.69) is 4.98 Å². The molecule has 3 rings (SSSR count). The molecule has 0 amide bonds. The number of hydrogen-bond donors (Lipinski definition) is 2. The second-order valence-electron chi connectivity index (χ2n) is 4.44. The number of benzene rings is 1. The van der Waals surface area contributed by atoms with Crippen LogP contribution in [0, 0.1) is 5.92 Å². The number of nitrogens with one attached hydrogen (secondary N) is 1. The van der Waals surface area contributed by atoms with Crippen molar-refractivity contribution in [3.8, 4) is 0 Å². The normalized spacial score (nSPS) is 17.5. The maximum absolute atomic E-state index is 11.3. The second kappa shape index (κ2) is 3.37. The number of rotatable bonds is 3. The Morgan fingerprint density at radius 3 is 2.81 bits per heavy atom. The smallest absolute Gasteiger partial charge is 0.311 e.